The average Bonchev–Trinajstić information content (AvgIpc) is 4.00. The molecule has 52 heavy (non-hydrogen) atoms. The van der Waals surface area contributed by atoms with Crippen molar-refractivity contribution in [3.63, 3.8) is 0 Å². The minimum absolute atomic E-state index is 0.0236. The quantitative estimate of drug-likeness (QED) is 0.0552. The predicted molar refractivity (Wildman–Crippen MR) is 194 cm³/mol. The number of aliphatic hydroxyl groups excluding tert-OH is 7. The first kappa shape index (κ1) is 47.8. The molecule has 7 N–H and O–H groups in total. The molecule has 0 aromatic rings. The second-order valence-electron chi connectivity index (χ2n) is 14.7. The first-order valence-electron chi connectivity index (χ1n) is 18.5. The highest BCUT2D eigenvalue weighted by Gasteiger charge is 2.62. The van der Waals surface area contributed by atoms with Gasteiger partial charge in [0.2, 0.25) is 0 Å². The van der Waals surface area contributed by atoms with Crippen LogP contribution in [0.4, 0.5) is 0 Å². The largest absolute Gasteiger partial charge is 0.396 e. The van der Waals surface area contributed by atoms with Gasteiger partial charge in [-0.05, 0) is 33.6 Å². The van der Waals surface area contributed by atoms with Crippen LogP contribution in [0.1, 0.15) is 88.0 Å². The van der Waals surface area contributed by atoms with Crippen molar-refractivity contribution in [2.24, 2.45) is 41.4 Å². The second-order valence-corrected chi connectivity index (χ2v) is 14.7. The molecular weight excluding hydrogens is 676 g/mol. The molecule has 14 atom stereocenters. The van der Waals surface area contributed by atoms with Gasteiger partial charge in [-0.3, -0.25) is 19.2 Å². The smallest absolute Gasteiger partial charge is 0.148 e. The van der Waals surface area contributed by atoms with Crippen molar-refractivity contribution in [2.45, 2.75) is 130 Å². The molecule has 0 spiro atoms. The fourth-order valence-electron chi connectivity index (χ4n) is 7.18. The first-order chi connectivity index (χ1) is 24.3. The van der Waals surface area contributed by atoms with Crippen LogP contribution in [-0.4, -0.2) is 127 Å². The van der Waals surface area contributed by atoms with Gasteiger partial charge in [0.05, 0.1) is 80.3 Å². The predicted octanol–water partition coefficient (Wildman–Crippen LogP) is 1.74. The summed E-state index contributed by atoms with van der Waals surface area (Å²) in [6.45, 7) is 14.3. The molecule has 0 saturated carbocycles. The first-order valence-corrected chi connectivity index (χ1v) is 18.5. The van der Waals surface area contributed by atoms with Crippen molar-refractivity contribution in [1.29, 1.82) is 0 Å². The standard InChI is InChI=1S/C20H34O6.C19H32O7/c1-6-8-12(3)19-20(5,26-19)13(4)15(10-21)18(25)16(11-22)17(24)9-14(23)7-2;1-5-7-11(3)18-19(4,26-18)17(25)14(10-21)16(24)13(9-20)15(23)8-12(22)6-2/h6,8,12-13,15-17,19,21-22,24H,7,9-11H2,1-5H3;5,7,11,13-15,17-18,20-21,23,25H,6,8-10H2,1-4H3/b8-6-;7-5-/t12-,13-,15+,16-,17?,19+,20?;11-,13-,14-,15?,17-,18+,19?/m00/s1. The van der Waals surface area contributed by atoms with Crippen LogP contribution in [0.3, 0.4) is 0 Å². The zero-order valence-electron chi connectivity index (χ0n) is 32.5. The molecule has 4 unspecified atom stereocenters. The van der Waals surface area contributed by atoms with E-state index in [0.29, 0.717) is 0 Å². The van der Waals surface area contributed by atoms with E-state index in [2.05, 4.69) is 0 Å². The maximum atomic E-state index is 12.9. The molecular formula is C39H66O13. The van der Waals surface area contributed by atoms with Gasteiger partial charge >= 0.3 is 0 Å². The van der Waals surface area contributed by atoms with Crippen LogP contribution < -0.4 is 0 Å². The van der Waals surface area contributed by atoms with Crippen molar-refractivity contribution in [3.05, 3.63) is 24.3 Å². The fraction of sp³-hybridized carbons (Fsp3) is 0.795. The maximum Gasteiger partial charge on any atom is 0.148 e. The Hall–Kier alpha value is -2.20. The van der Waals surface area contributed by atoms with E-state index in [4.69, 9.17) is 9.47 Å². The molecule has 0 radical (unpaired) electrons. The van der Waals surface area contributed by atoms with Gasteiger partial charge in [0.15, 0.2) is 0 Å². The maximum absolute atomic E-state index is 12.9. The number of hydrogen-bond acceptors (Lipinski definition) is 13. The lowest BCUT2D eigenvalue weighted by Gasteiger charge is -2.29. The highest BCUT2D eigenvalue weighted by Crippen LogP contribution is 2.50. The van der Waals surface area contributed by atoms with Crippen molar-refractivity contribution in [1.82, 2.24) is 0 Å². The number of carbonyl (C=O) groups excluding carboxylic acids is 4. The topological polar surface area (TPSA) is 235 Å². The van der Waals surface area contributed by atoms with E-state index in [-0.39, 0.29) is 67.2 Å². The normalized spacial score (nSPS) is 28.4. The van der Waals surface area contributed by atoms with Crippen LogP contribution in [0.15, 0.2) is 24.3 Å². The Kier molecular flexibility index (Phi) is 19.9. The van der Waals surface area contributed by atoms with Crippen LogP contribution >= 0.6 is 0 Å². The number of epoxide rings is 2. The van der Waals surface area contributed by atoms with E-state index in [1.54, 1.807) is 20.8 Å². The van der Waals surface area contributed by atoms with Gasteiger partial charge in [-0.25, -0.2) is 0 Å². The number of Topliss-reactive ketones (excluding diaryl/α,β-unsaturated/α-hetero) is 4. The van der Waals surface area contributed by atoms with Crippen LogP contribution in [0.25, 0.3) is 0 Å². The molecule has 0 aromatic heterocycles. The Morgan fingerprint density at radius 1 is 0.615 bits per heavy atom. The van der Waals surface area contributed by atoms with Gasteiger partial charge in [-0.1, -0.05) is 58.9 Å². The van der Waals surface area contributed by atoms with E-state index in [9.17, 15) is 54.9 Å². The summed E-state index contributed by atoms with van der Waals surface area (Å²) in [5.41, 5.74) is -1.54. The monoisotopic (exact) mass is 742 g/mol. The summed E-state index contributed by atoms with van der Waals surface area (Å²) in [5, 5.41) is 69.6. The molecule has 0 bridgehead atoms. The fourth-order valence-corrected chi connectivity index (χ4v) is 7.18. The third-order valence-corrected chi connectivity index (χ3v) is 11.0. The summed E-state index contributed by atoms with van der Waals surface area (Å²) in [5.74, 6) is -5.90. The van der Waals surface area contributed by atoms with Crippen LogP contribution in [-0.2, 0) is 28.7 Å². The summed E-state index contributed by atoms with van der Waals surface area (Å²) < 4.78 is 11.5. The molecule has 2 rings (SSSR count). The number of aliphatic hydroxyl groups is 7. The molecule has 2 aliphatic rings. The molecule has 13 nitrogen and oxygen atoms in total. The lowest BCUT2D eigenvalue weighted by Crippen LogP contribution is -2.47. The molecule has 0 amide bonds. The Morgan fingerprint density at radius 3 is 1.31 bits per heavy atom. The third-order valence-electron chi connectivity index (χ3n) is 11.0. The number of ether oxygens (including phenoxy) is 2. The molecule has 2 heterocycles. The molecule has 2 fully saturated rings. The van der Waals surface area contributed by atoms with E-state index < -0.39 is 91.2 Å². The third kappa shape index (κ3) is 11.9. The SMILES string of the molecule is C/C=C\[C@H](C)[C@H]1OC1(C)[C@@H](C)[C@@H](CO)C(=O)[C@@H](CO)C(O)CC(=O)CC.C/C=C\[C@H](C)[C@H]1OC1(C)[C@@H](O)[C@@H](CO)C(=O)[C@@H](CO)C(O)CC(=O)CC. The van der Waals surface area contributed by atoms with Crippen molar-refractivity contribution >= 4 is 23.1 Å². The molecule has 2 aliphatic heterocycles. The number of allylic oxidation sites excluding steroid dienone is 2. The van der Waals surface area contributed by atoms with Crippen molar-refractivity contribution < 1.29 is 64.4 Å². The van der Waals surface area contributed by atoms with Gasteiger partial charge in [-0.15, -0.1) is 0 Å². The zero-order valence-corrected chi connectivity index (χ0v) is 32.5. The summed E-state index contributed by atoms with van der Waals surface area (Å²) in [7, 11) is 0. The van der Waals surface area contributed by atoms with Gasteiger partial charge in [-0.2, -0.15) is 0 Å². The molecule has 300 valence electrons. The van der Waals surface area contributed by atoms with E-state index in [1.807, 2.05) is 65.8 Å². The zero-order chi connectivity index (χ0) is 40.1. The van der Waals surface area contributed by atoms with Gasteiger partial charge < -0.3 is 45.2 Å². The van der Waals surface area contributed by atoms with E-state index in [0.717, 1.165) is 0 Å². The summed E-state index contributed by atoms with van der Waals surface area (Å²) in [6, 6.07) is 0. The highest BCUT2D eigenvalue weighted by atomic mass is 16.6. The van der Waals surface area contributed by atoms with Crippen molar-refractivity contribution in [2.75, 3.05) is 26.4 Å². The lowest BCUT2D eigenvalue weighted by atomic mass is 9.74. The summed E-state index contributed by atoms with van der Waals surface area (Å²) >= 11 is 0. The number of hydrogen-bond donors (Lipinski definition) is 7. The molecule has 2 saturated heterocycles. The minimum Gasteiger partial charge on any atom is -0.396 e. The van der Waals surface area contributed by atoms with E-state index >= 15 is 0 Å². The molecule has 13 heteroatoms. The Labute approximate surface area is 309 Å². The van der Waals surface area contributed by atoms with Gasteiger partial charge in [0.25, 0.3) is 0 Å². The lowest BCUT2D eigenvalue weighted by molar-refractivity contribution is -0.141. The molecule has 0 aliphatic carbocycles. The highest BCUT2D eigenvalue weighted by molar-refractivity contribution is 5.87. The van der Waals surface area contributed by atoms with Crippen LogP contribution in [0, 0.1) is 41.4 Å². The minimum atomic E-state index is -1.35. The number of rotatable bonds is 24. The van der Waals surface area contributed by atoms with Crippen molar-refractivity contribution in [3.8, 4) is 0 Å². The Morgan fingerprint density at radius 2 is 0.962 bits per heavy atom. The number of carbonyl (C=O) groups is 4. The van der Waals surface area contributed by atoms with Crippen LogP contribution in [0.2, 0.25) is 0 Å². The molecule has 0 aromatic carbocycles. The van der Waals surface area contributed by atoms with Gasteiger partial charge in [0, 0.05) is 43.4 Å². The van der Waals surface area contributed by atoms with E-state index in [1.165, 1.54) is 0 Å². The second kappa shape index (κ2) is 21.6. The summed E-state index contributed by atoms with van der Waals surface area (Å²) in [6.07, 6.45) is 3.61. The number of ketones is 4. The van der Waals surface area contributed by atoms with Gasteiger partial charge in [0.1, 0.15) is 28.7 Å². The van der Waals surface area contributed by atoms with Crippen LogP contribution in [0.5, 0.6) is 0 Å². The average molecular weight is 743 g/mol. The summed E-state index contributed by atoms with van der Waals surface area (Å²) in [4.78, 5) is 48.7. The Bertz CT molecular complexity index is 1130. The Balaban J connectivity index is 0.000000520.